The van der Waals surface area contributed by atoms with Crippen molar-refractivity contribution in [2.75, 3.05) is 6.61 Å². The second-order valence-corrected chi connectivity index (χ2v) is 6.20. The number of benzene rings is 2. The van der Waals surface area contributed by atoms with E-state index in [4.69, 9.17) is 10.5 Å². The minimum absolute atomic E-state index is 0.149. The number of ketones is 1. The molecule has 0 radical (unpaired) electrons. The number of amides is 1. The highest BCUT2D eigenvalue weighted by molar-refractivity contribution is 5.99. The van der Waals surface area contributed by atoms with E-state index in [1.54, 1.807) is 30.3 Å². The highest BCUT2D eigenvalue weighted by atomic mass is 19.1. The molecule has 0 aliphatic carbocycles. The van der Waals surface area contributed by atoms with E-state index in [9.17, 15) is 14.0 Å². The molecule has 0 fully saturated rings. The van der Waals surface area contributed by atoms with Crippen molar-refractivity contribution in [3.05, 3.63) is 82.9 Å². The van der Waals surface area contributed by atoms with Gasteiger partial charge in [0.1, 0.15) is 11.6 Å². The molecule has 0 bridgehead atoms. The number of Topliss-reactive ketones (excluding diaryl/α,β-unsaturated/α-hetero) is 1. The van der Waals surface area contributed by atoms with Gasteiger partial charge in [-0.3, -0.25) is 9.59 Å². The molecular weight excluding hydrogens is 347 g/mol. The fourth-order valence-corrected chi connectivity index (χ4v) is 3.00. The van der Waals surface area contributed by atoms with Gasteiger partial charge in [0.2, 0.25) is 11.7 Å². The summed E-state index contributed by atoms with van der Waals surface area (Å²) in [5, 5.41) is 0. The second-order valence-electron chi connectivity index (χ2n) is 6.20. The number of nitrogens with two attached hydrogens (primary N) is 1. The number of halogens is 1. The minimum Gasteiger partial charge on any atom is -0.485 e. The Labute approximate surface area is 156 Å². The second kappa shape index (κ2) is 7.45. The first-order valence-electron chi connectivity index (χ1n) is 8.37. The van der Waals surface area contributed by atoms with Crippen LogP contribution >= 0.6 is 0 Å². The molecule has 6 heteroatoms. The molecule has 0 unspecified atom stereocenters. The monoisotopic (exact) mass is 366 g/mol. The number of nitrogens with zero attached hydrogens (tertiary/aromatic N) is 1. The average molecular weight is 366 g/mol. The van der Waals surface area contributed by atoms with Gasteiger partial charge in [-0.1, -0.05) is 6.07 Å². The molecule has 0 saturated carbocycles. The first-order chi connectivity index (χ1) is 12.9. The van der Waals surface area contributed by atoms with Gasteiger partial charge in [0.25, 0.3) is 0 Å². The van der Waals surface area contributed by atoms with Crippen LogP contribution in [0.1, 0.15) is 32.1 Å². The third kappa shape index (κ3) is 3.89. The van der Waals surface area contributed by atoms with Gasteiger partial charge < -0.3 is 15.0 Å². The molecule has 1 amide bonds. The Kier molecular flexibility index (Phi) is 5.07. The third-order valence-corrected chi connectivity index (χ3v) is 4.31. The van der Waals surface area contributed by atoms with Gasteiger partial charge in [-0.2, -0.15) is 0 Å². The third-order valence-electron chi connectivity index (χ3n) is 4.31. The van der Waals surface area contributed by atoms with E-state index in [1.165, 1.54) is 24.3 Å². The number of hydrogen-bond donors (Lipinski definition) is 1. The van der Waals surface area contributed by atoms with Crippen LogP contribution in [0.25, 0.3) is 5.69 Å². The fourth-order valence-electron chi connectivity index (χ4n) is 3.00. The Morgan fingerprint density at radius 1 is 1.07 bits per heavy atom. The molecule has 2 aromatic carbocycles. The van der Waals surface area contributed by atoms with Crippen molar-refractivity contribution in [1.82, 2.24) is 4.57 Å². The van der Waals surface area contributed by atoms with Crippen molar-refractivity contribution in [3.63, 3.8) is 0 Å². The summed E-state index contributed by atoms with van der Waals surface area (Å²) in [7, 11) is 0. The summed E-state index contributed by atoms with van der Waals surface area (Å²) < 4.78 is 20.9. The molecule has 27 heavy (non-hydrogen) atoms. The predicted octanol–water partition coefficient (Wildman–Crippen LogP) is 3.59. The van der Waals surface area contributed by atoms with Crippen LogP contribution < -0.4 is 10.5 Å². The standard InChI is InChI=1S/C21H19FN2O3/c1-13-10-19(14(2)24(13)17-5-3-4-16(22)11-17)20(25)12-27-18-8-6-15(7-9-18)21(23)26/h3-11H,12H2,1-2H3,(H2,23,26). The van der Waals surface area contributed by atoms with E-state index < -0.39 is 5.91 Å². The van der Waals surface area contributed by atoms with Crippen molar-refractivity contribution < 1.29 is 18.7 Å². The summed E-state index contributed by atoms with van der Waals surface area (Å²) in [6.07, 6.45) is 0. The number of rotatable bonds is 6. The zero-order valence-corrected chi connectivity index (χ0v) is 15.0. The summed E-state index contributed by atoms with van der Waals surface area (Å²) in [4.78, 5) is 23.7. The van der Waals surface area contributed by atoms with Crippen LogP contribution in [0.4, 0.5) is 4.39 Å². The maximum atomic E-state index is 13.5. The Morgan fingerprint density at radius 2 is 1.78 bits per heavy atom. The lowest BCUT2D eigenvalue weighted by Gasteiger charge is -2.10. The van der Waals surface area contributed by atoms with Crippen molar-refractivity contribution in [3.8, 4) is 11.4 Å². The topological polar surface area (TPSA) is 74.3 Å². The van der Waals surface area contributed by atoms with Crippen molar-refractivity contribution in [2.24, 2.45) is 5.73 Å². The molecule has 0 aliphatic heterocycles. The summed E-state index contributed by atoms with van der Waals surface area (Å²) in [6.45, 7) is 3.52. The van der Waals surface area contributed by atoms with Gasteiger partial charge in [0.15, 0.2) is 6.61 Å². The lowest BCUT2D eigenvalue weighted by atomic mass is 10.1. The molecular formula is C21H19FN2O3. The SMILES string of the molecule is Cc1cc(C(=O)COc2ccc(C(N)=O)cc2)c(C)n1-c1cccc(F)c1. The van der Waals surface area contributed by atoms with Crippen LogP contribution in [0, 0.1) is 19.7 Å². The van der Waals surface area contributed by atoms with Gasteiger partial charge in [-0.15, -0.1) is 0 Å². The normalized spacial score (nSPS) is 10.6. The zero-order chi connectivity index (χ0) is 19.6. The van der Waals surface area contributed by atoms with Gasteiger partial charge in [0.05, 0.1) is 0 Å². The summed E-state index contributed by atoms with van der Waals surface area (Å²) in [6, 6.07) is 14.2. The van der Waals surface area contributed by atoms with Crippen LogP contribution in [-0.4, -0.2) is 22.9 Å². The molecule has 0 aliphatic rings. The molecule has 138 valence electrons. The van der Waals surface area contributed by atoms with E-state index >= 15 is 0 Å². The average Bonchev–Trinajstić information content (AvgIpc) is 2.94. The van der Waals surface area contributed by atoms with E-state index in [0.717, 1.165) is 11.4 Å². The number of aryl methyl sites for hydroxylation is 1. The first-order valence-corrected chi connectivity index (χ1v) is 8.37. The van der Waals surface area contributed by atoms with Gasteiger partial charge in [0, 0.05) is 28.2 Å². The molecule has 1 heterocycles. The summed E-state index contributed by atoms with van der Waals surface area (Å²) in [5.41, 5.74) is 8.28. The van der Waals surface area contributed by atoms with Crippen molar-refractivity contribution >= 4 is 11.7 Å². The number of carbonyl (C=O) groups excluding carboxylic acids is 2. The number of aromatic nitrogens is 1. The Morgan fingerprint density at radius 3 is 2.41 bits per heavy atom. The summed E-state index contributed by atoms with van der Waals surface area (Å²) in [5.74, 6) is -0.588. The predicted molar refractivity (Wildman–Crippen MR) is 100.0 cm³/mol. The zero-order valence-electron chi connectivity index (χ0n) is 15.0. The minimum atomic E-state index is -0.526. The molecule has 0 saturated heterocycles. The fraction of sp³-hybridized carbons (Fsp3) is 0.143. The van der Waals surface area contributed by atoms with Crippen LogP contribution in [0.3, 0.4) is 0 Å². The molecule has 3 rings (SSSR count). The summed E-state index contributed by atoms with van der Waals surface area (Å²) >= 11 is 0. The maximum Gasteiger partial charge on any atom is 0.248 e. The lowest BCUT2D eigenvalue weighted by Crippen LogP contribution is -2.13. The van der Waals surface area contributed by atoms with E-state index in [0.29, 0.717) is 22.6 Å². The highest BCUT2D eigenvalue weighted by Crippen LogP contribution is 2.22. The van der Waals surface area contributed by atoms with Crippen molar-refractivity contribution in [1.29, 1.82) is 0 Å². The largest absolute Gasteiger partial charge is 0.485 e. The smallest absolute Gasteiger partial charge is 0.248 e. The van der Waals surface area contributed by atoms with E-state index in [1.807, 2.05) is 18.4 Å². The van der Waals surface area contributed by atoms with Gasteiger partial charge in [-0.05, 0) is 62.4 Å². The number of carbonyl (C=O) groups is 2. The maximum absolute atomic E-state index is 13.5. The van der Waals surface area contributed by atoms with Gasteiger partial charge >= 0.3 is 0 Å². The molecule has 0 atom stereocenters. The Bertz CT molecular complexity index is 1010. The highest BCUT2D eigenvalue weighted by Gasteiger charge is 2.17. The molecule has 1 aromatic heterocycles. The van der Waals surface area contributed by atoms with Crippen LogP contribution in [-0.2, 0) is 0 Å². The van der Waals surface area contributed by atoms with Crippen LogP contribution in [0.15, 0.2) is 54.6 Å². The van der Waals surface area contributed by atoms with Crippen LogP contribution in [0.5, 0.6) is 5.75 Å². The first kappa shape index (κ1) is 18.4. The molecule has 3 aromatic rings. The van der Waals surface area contributed by atoms with E-state index in [-0.39, 0.29) is 18.2 Å². The lowest BCUT2D eigenvalue weighted by molar-refractivity contribution is 0.0919. The number of hydrogen-bond acceptors (Lipinski definition) is 3. The molecule has 0 spiro atoms. The Balaban J connectivity index is 1.77. The number of ether oxygens (including phenoxy) is 1. The Hall–Kier alpha value is -3.41. The number of primary amides is 1. The van der Waals surface area contributed by atoms with Crippen LogP contribution in [0.2, 0.25) is 0 Å². The van der Waals surface area contributed by atoms with E-state index in [2.05, 4.69) is 0 Å². The van der Waals surface area contributed by atoms with Gasteiger partial charge in [-0.25, -0.2) is 4.39 Å². The van der Waals surface area contributed by atoms with Crippen molar-refractivity contribution in [2.45, 2.75) is 13.8 Å². The molecule has 2 N–H and O–H groups in total. The quantitative estimate of drug-likeness (QED) is 0.678. The molecule has 5 nitrogen and oxygen atoms in total.